The highest BCUT2D eigenvalue weighted by Gasteiger charge is 2.29. The lowest BCUT2D eigenvalue weighted by atomic mass is 10.4. The molecule has 0 spiro atoms. The second-order valence-electron chi connectivity index (χ2n) is 1.35. The number of nitrogens with zero attached hydrogens (tertiary/aromatic N) is 1. The Morgan fingerprint density at radius 3 is 2.57 bits per heavy atom. The van der Waals surface area contributed by atoms with Gasteiger partial charge in [-0.2, -0.15) is 13.9 Å². The van der Waals surface area contributed by atoms with Crippen LogP contribution in [0.1, 0.15) is 0 Å². The standard InChI is InChI=1S/C3H4F2N2/c4-3(5)1-6-7-2-3/h1,7H,2H2. The van der Waals surface area contributed by atoms with E-state index in [1.807, 2.05) is 0 Å². The van der Waals surface area contributed by atoms with E-state index in [-0.39, 0.29) is 6.54 Å². The minimum absolute atomic E-state index is 0.354. The maximum Gasteiger partial charge on any atom is 0.303 e. The highest BCUT2D eigenvalue weighted by molar-refractivity contribution is 5.68. The van der Waals surface area contributed by atoms with Crippen LogP contribution in [0.4, 0.5) is 8.78 Å². The normalized spacial score (nSPS) is 24.9. The van der Waals surface area contributed by atoms with Crippen molar-refractivity contribution in [1.29, 1.82) is 0 Å². The molecule has 0 aliphatic carbocycles. The first-order chi connectivity index (χ1) is 3.21. The molecule has 1 N–H and O–H groups in total. The van der Waals surface area contributed by atoms with Crippen LogP contribution in [0.3, 0.4) is 0 Å². The van der Waals surface area contributed by atoms with Gasteiger partial charge >= 0.3 is 5.92 Å². The molecule has 1 heterocycles. The van der Waals surface area contributed by atoms with Crippen LogP contribution in [-0.2, 0) is 0 Å². The maximum atomic E-state index is 11.7. The van der Waals surface area contributed by atoms with Gasteiger partial charge in [0, 0.05) is 0 Å². The molecule has 0 unspecified atom stereocenters. The van der Waals surface area contributed by atoms with Gasteiger partial charge in [0.1, 0.15) is 6.54 Å². The van der Waals surface area contributed by atoms with Crippen LogP contribution < -0.4 is 5.43 Å². The number of rotatable bonds is 0. The van der Waals surface area contributed by atoms with Gasteiger partial charge in [-0.25, -0.2) is 0 Å². The van der Waals surface area contributed by atoms with Crippen LogP contribution >= 0.6 is 0 Å². The molecule has 1 rings (SSSR count). The molecule has 1 aliphatic heterocycles. The summed E-state index contributed by atoms with van der Waals surface area (Å²) >= 11 is 0. The first kappa shape index (κ1) is 4.49. The average molecular weight is 106 g/mol. The number of alkyl halides is 2. The lowest BCUT2D eigenvalue weighted by molar-refractivity contribution is 0.0948. The van der Waals surface area contributed by atoms with Crippen LogP contribution in [0.25, 0.3) is 0 Å². The molecular formula is C3H4F2N2. The van der Waals surface area contributed by atoms with Gasteiger partial charge < -0.3 is 5.43 Å². The van der Waals surface area contributed by atoms with Crippen molar-refractivity contribution in [3.8, 4) is 0 Å². The van der Waals surface area contributed by atoms with Gasteiger partial charge in [0.2, 0.25) is 0 Å². The fourth-order valence-corrected chi connectivity index (χ4v) is 0.337. The van der Waals surface area contributed by atoms with Crippen LogP contribution in [-0.4, -0.2) is 18.7 Å². The van der Waals surface area contributed by atoms with Gasteiger partial charge in [-0.15, -0.1) is 0 Å². The van der Waals surface area contributed by atoms with Crippen molar-refractivity contribution >= 4 is 6.21 Å². The lowest BCUT2D eigenvalue weighted by Crippen LogP contribution is -2.22. The summed E-state index contributed by atoms with van der Waals surface area (Å²) in [7, 11) is 0. The Morgan fingerprint density at radius 2 is 2.43 bits per heavy atom. The SMILES string of the molecule is FC1(F)C=NNC1. The van der Waals surface area contributed by atoms with E-state index in [1.54, 1.807) is 0 Å². The zero-order chi connectivity index (χ0) is 5.33. The third kappa shape index (κ3) is 0.852. The summed E-state index contributed by atoms with van der Waals surface area (Å²) in [5.41, 5.74) is 2.13. The van der Waals surface area contributed by atoms with Crippen molar-refractivity contribution in [2.24, 2.45) is 5.10 Å². The maximum absolute atomic E-state index is 11.7. The second-order valence-corrected chi connectivity index (χ2v) is 1.35. The number of nitrogens with one attached hydrogen (secondary N) is 1. The van der Waals surface area contributed by atoms with Crippen molar-refractivity contribution in [1.82, 2.24) is 5.43 Å². The van der Waals surface area contributed by atoms with Crippen LogP contribution in [0.2, 0.25) is 0 Å². The van der Waals surface area contributed by atoms with Gasteiger partial charge in [-0.05, 0) is 0 Å². The Bertz CT molecular complexity index is 99.1. The summed E-state index contributed by atoms with van der Waals surface area (Å²) in [6.07, 6.45) is 0.604. The van der Waals surface area contributed by atoms with E-state index in [1.165, 1.54) is 0 Å². The van der Waals surface area contributed by atoms with Crippen molar-refractivity contribution < 1.29 is 8.78 Å². The Balaban J connectivity index is 2.57. The monoisotopic (exact) mass is 106 g/mol. The van der Waals surface area contributed by atoms with Crippen molar-refractivity contribution in [2.45, 2.75) is 5.92 Å². The topological polar surface area (TPSA) is 24.4 Å². The van der Waals surface area contributed by atoms with E-state index in [0.29, 0.717) is 6.21 Å². The molecule has 0 aromatic carbocycles. The van der Waals surface area contributed by atoms with E-state index >= 15 is 0 Å². The summed E-state index contributed by atoms with van der Waals surface area (Å²) in [6, 6.07) is 0. The molecule has 0 aromatic rings. The van der Waals surface area contributed by atoms with Gasteiger partial charge in [-0.3, -0.25) is 0 Å². The van der Waals surface area contributed by atoms with Crippen molar-refractivity contribution in [2.75, 3.05) is 6.54 Å². The van der Waals surface area contributed by atoms with E-state index in [9.17, 15) is 8.78 Å². The zero-order valence-electron chi connectivity index (χ0n) is 3.49. The van der Waals surface area contributed by atoms with Gasteiger partial charge in [0.25, 0.3) is 0 Å². The Kier molecular flexibility index (Phi) is 0.736. The minimum atomic E-state index is -2.71. The molecule has 0 saturated carbocycles. The van der Waals surface area contributed by atoms with Gasteiger partial charge in [0.15, 0.2) is 0 Å². The van der Waals surface area contributed by atoms with Crippen LogP contribution in [0.15, 0.2) is 5.10 Å². The average Bonchev–Trinajstić information content (AvgIpc) is 1.84. The van der Waals surface area contributed by atoms with Crippen molar-refractivity contribution in [3.05, 3.63) is 0 Å². The molecule has 7 heavy (non-hydrogen) atoms. The molecule has 0 bridgehead atoms. The number of hydrazone groups is 1. The summed E-state index contributed by atoms with van der Waals surface area (Å²) in [5, 5.41) is 3.11. The molecular weight excluding hydrogens is 102 g/mol. The highest BCUT2D eigenvalue weighted by Crippen LogP contribution is 2.10. The zero-order valence-corrected chi connectivity index (χ0v) is 3.49. The quantitative estimate of drug-likeness (QED) is 0.469. The summed E-state index contributed by atoms with van der Waals surface area (Å²) < 4.78 is 23.5. The molecule has 1 aliphatic rings. The molecule has 0 fully saturated rings. The second kappa shape index (κ2) is 1.15. The molecule has 4 heteroatoms. The predicted octanol–water partition coefficient (Wildman–Crippen LogP) is 0.211. The number of hydrogen-bond donors (Lipinski definition) is 1. The Morgan fingerprint density at radius 1 is 1.71 bits per heavy atom. The van der Waals surface area contributed by atoms with Crippen LogP contribution in [0, 0.1) is 0 Å². The van der Waals surface area contributed by atoms with Crippen molar-refractivity contribution in [3.63, 3.8) is 0 Å². The Hall–Kier alpha value is -0.670. The van der Waals surface area contributed by atoms with Gasteiger partial charge in [0.05, 0.1) is 6.21 Å². The molecule has 0 radical (unpaired) electrons. The molecule has 40 valence electrons. The van der Waals surface area contributed by atoms with Gasteiger partial charge in [-0.1, -0.05) is 0 Å². The number of hydrogen-bond acceptors (Lipinski definition) is 2. The number of halogens is 2. The first-order valence-corrected chi connectivity index (χ1v) is 1.86. The summed E-state index contributed by atoms with van der Waals surface area (Å²) in [5.74, 6) is -2.71. The fourth-order valence-electron chi connectivity index (χ4n) is 0.337. The summed E-state index contributed by atoms with van der Waals surface area (Å²) in [4.78, 5) is 0. The fraction of sp³-hybridized carbons (Fsp3) is 0.667. The largest absolute Gasteiger partial charge is 0.304 e. The Labute approximate surface area is 39.2 Å². The van der Waals surface area contributed by atoms with Crippen LogP contribution in [0.5, 0.6) is 0 Å². The van der Waals surface area contributed by atoms with E-state index < -0.39 is 5.92 Å². The van der Waals surface area contributed by atoms with E-state index in [4.69, 9.17) is 0 Å². The molecule has 0 saturated heterocycles. The third-order valence-corrected chi connectivity index (χ3v) is 0.659. The molecule has 0 amide bonds. The molecule has 0 atom stereocenters. The third-order valence-electron chi connectivity index (χ3n) is 0.659. The summed E-state index contributed by atoms with van der Waals surface area (Å²) in [6.45, 7) is -0.354. The predicted molar refractivity (Wildman–Crippen MR) is 21.4 cm³/mol. The molecule has 0 aromatic heterocycles. The van der Waals surface area contributed by atoms with E-state index in [0.717, 1.165) is 0 Å². The molecule has 2 nitrogen and oxygen atoms in total. The highest BCUT2D eigenvalue weighted by atomic mass is 19.3. The smallest absolute Gasteiger partial charge is 0.303 e. The lowest BCUT2D eigenvalue weighted by Gasteiger charge is -1.98. The first-order valence-electron chi connectivity index (χ1n) is 1.86. The minimum Gasteiger partial charge on any atom is -0.304 e. The van der Waals surface area contributed by atoms with E-state index in [2.05, 4.69) is 10.5 Å².